The highest BCUT2D eigenvalue weighted by Crippen LogP contribution is 2.45. The van der Waals surface area contributed by atoms with E-state index in [-0.39, 0.29) is 12.1 Å². The Labute approximate surface area is 244 Å². The Kier molecular flexibility index (Phi) is 4.11. The summed E-state index contributed by atoms with van der Waals surface area (Å²) in [6.45, 7) is 5.03. The summed E-state index contributed by atoms with van der Waals surface area (Å²) in [5.41, 5.74) is 14.8. The van der Waals surface area contributed by atoms with Gasteiger partial charge in [-0.2, -0.15) is 0 Å². The van der Waals surface area contributed by atoms with Crippen LogP contribution < -0.4 is 16.4 Å². The van der Waals surface area contributed by atoms with Crippen molar-refractivity contribution in [2.24, 2.45) is 0 Å². The number of hydrogen-bond acceptors (Lipinski definition) is 0. The number of para-hydroxylation sites is 3. The molecule has 0 atom stereocenters. The zero-order valence-corrected chi connectivity index (χ0v) is 23.6. The van der Waals surface area contributed by atoms with Crippen LogP contribution in [-0.2, 0) is 5.41 Å². The largest absolute Gasteiger partial charge is 0.310 e. The van der Waals surface area contributed by atoms with Crippen molar-refractivity contribution < 1.29 is 0 Å². The molecule has 0 fully saturated rings. The molecule has 0 bridgehead atoms. The lowest BCUT2D eigenvalue weighted by atomic mass is 9.30. The van der Waals surface area contributed by atoms with Gasteiger partial charge in [-0.25, -0.2) is 0 Å². The minimum Gasteiger partial charge on any atom is -0.310 e. The van der Waals surface area contributed by atoms with E-state index >= 15 is 0 Å². The van der Waals surface area contributed by atoms with Gasteiger partial charge in [0.1, 0.15) is 0 Å². The Morgan fingerprint density at radius 2 is 1.17 bits per heavy atom. The van der Waals surface area contributed by atoms with Crippen LogP contribution in [0.1, 0.15) is 25.0 Å². The summed E-state index contributed by atoms with van der Waals surface area (Å²) in [6, 6.07) is 47.5. The van der Waals surface area contributed by atoms with Crippen molar-refractivity contribution in [2.75, 3.05) is 0 Å². The van der Waals surface area contributed by atoms with Crippen molar-refractivity contribution in [1.29, 1.82) is 0 Å². The number of nitrogens with zero attached hydrogens (tertiary/aromatic N) is 2. The van der Waals surface area contributed by atoms with Gasteiger partial charge in [0.25, 0.3) is 0 Å². The van der Waals surface area contributed by atoms with E-state index in [0.29, 0.717) is 0 Å². The van der Waals surface area contributed by atoms with Crippen molar-refractivity contribution in [3.8, 4) is 11.4 Å². The Hall–Kier alpha value is -5.02. The summed E-state index contributed by atoms with van der Waals surface area (Å²) >= 11 is 0. The predicted molar refractivity (Wildman–Crippen MR) is 178 cm³/mol. The standard InChI is InChI=1S/C39H27BN2/c1-39(2)27-15-7-8-16-29(27)40-30-17-9-11-19-32(30)42-34-23-22-33-35(36(34)26-20-21-28(39)37(40)38(26)42)25-14-6-10-18-31(25)41(33)24-12-4-3-5-13-24/h3-23H,1-2H3. The molecule has 42 heavy (non-hydrogen) atoms. The van der Waals surface area contributed by atoms with Gasteiger partial charge in [0.05, 0.1) is 16.6 Å². The molecular formula is C39H27BN2. The third-order valence-electron chi connectivity index (χ3n) is 10.2. The molecule has 2 aromatic heterocycles. The van der Waals surface area contributed by atoms with Gasteiger partial charge < -0.3 is 9.13 Å². The van der Waals surface area contributed by atoms with E-state index in [9.17, 15) is 0 Å². The average molecular weight is 534 g/mol. The van der Waals surface area contributed by atoms with Gasteiger partial charge in [0.2, 0.25) is 6.71 Å². The maximum Gasteiger partial charge on any atom is 0.247 e. The molecule has 0 amide bonds. The molecule has 196 valence electrons. The Balaban J connectivity index is 1.45. The first-order valence-electron chi connectivity index (χ1n) is 14.9. The predicted octanol–water partition coefficient (Wildman–Crippen LogP) is 7.35. The summed E-state index contributed by atoms with van der Waals surface area (Å²) in [6.07, 6.45) is 0. The first-order valence-corrected chi connectivity index (χ1v) is 14.9. The fraction of sp³-hybridized carbons (Fsp3) is 0.0769. The molecule has 2 nitrogen and oxygen atoms in total. The average Bonchev–Trinajstić information content (AvgIpc) is 3.55. The van der Waals surface area contributed by atoms with Gasteiger partial charge in [0, 0.05) is 43.9 Å². The van der Waals surface area contributed by atoms with Crippen LogP contribution in [0.4, 0.5) is 0 Å². The van der Waals surface area contributed by atoms with Crippen molar-refractivity contribution in [3.63, 3.8) is 0 Å². The second-order valence-electron chi connectivity index (χ2n) is 12.5. The van der Waals surface area contributed by atoms with E-state index < -0.39 is 0 Å². The highest BCUT2D eigenvalue weighted by atomic mass is 15.0. The summed E-state index contributed by atoms with van der Waals surface area (Å²) in [5, 5.41) is 5.33. The molecule has 2 aliphatic heterocycles. The fourth-order valence-corrected chi connectivity index (χ4v) is 8.50. The molecule has 0 unspecified atom stereocenters. The minimum atomic E-state index is -0.0805. The van der Waals surface area contributed by atoms with Crippen LogP contribution in [0.5, 0.6) is 0 Å². The van der Waals surface area contributed by atoms with Crippen molar-refractivity contribution in [2.45, 2.75) is 19.3 Å². The van der Waals surface area contributed by atoms with Crippen molar-refractivity contribution >= 4 is 66.7 Å². The molecule has 3 heteroatoms. The fourth-order valence-electron chi connectivity index (χ4n) is 8.50. The Morgan fingerprint density at radius 3 is 2.02 bits per heavy atom. The Bertz CT molecular complexity index is 2440. The number of fused-ring (bicyclic) bond motifs is 12. The van der Waals surface area contributed by atoms with Crippen molar-refractivity contribution in [1.82, 2.24) is 9.13 Å². The third kappa shape index (κ3) is 2.55. The van der Waals surface area contributed by atoms with Gasteiger partial charge >= 0.3 is 0 Å². The van der Waals surface area contributed by atoms with Crippen LogP contribution in [0, 0.1) is 0 Å². The molecule has 0 N–H and O–H groups in total. The summed E-state index contributed by atoms with van der Waals surface area (Å²) in [5.74, 6) is 0. The zero-order valence-electron chi connectivity index (χ0n) is 23.6. The van der Waals surface area contributed by atoms with Crippen molar-refractivity contribution in [3.05, 3.63) is 139 Å². The first kappa shape index (κ1) is 22.6. The first-order chi connectivity index (χ1) is 20.6. The lowest BCUT2D eigenvalue weighted by molar-refractivity contribution is 0.646. The molecular weight excluding hydrogens is 507 g/mol. The van der Waals surface area contributed by atoms with Crippen LogP contribution in [0.3, 0.4) is 0 Å². The summed E-state index contributed by atoms with van der Waals surface area (Å²) in [7, 11) is 0. The molecule has 0 saturated heterocycles. The van der Waals surface area contributed by atoms with Crippen LogP contribution >= 0.6 is 0 Å². The molecule has 2 aliphatic rings. The second-order valence-corrected chi connectivity index (χ2v) is 12.5. The van der Waals surface area contributed by atoms with E-state index in [1.54, 1.807) is 0 Å². The van der Waals surface area contributed by atoms with Gasteiger partial charge in [-0.15, -0.1) is 0 Å². The lowest BCUT2D eigenvalue weighted by Gasteiger charge is -2.41. The lowest BCUT2D eigenvalue weighted by Crippen LogP contribution is -2.63. The molecule has 0 saturated carbocycles. The number of benzene rings is 6. The van der Waals surface area contributed by atoms with E-state index in [1.807, 2.05) is 0 Å². The van der Waals surface area contributed by atoms with Gasteiger partial charge in [-0.3, -0.25) is 0 Å². The zero-order chi connectivity index (χ0) is 27.7. The highest BCUT2D eigenvalue weighted by molar-refractivity contribution is 6.99. The maximum absolute atomic E-state index is 2.58. The summed E-state index contributed by atoms with van der Waals surface area (Å²) < 4.78 is 5.01. The second kappa shape index (κ2) is 7.63. The van der Waals surface area contributed by atoms with E-state index in [0.717, 1.165) is 0 Å². The molecule has 0 aliphatic carbocycles. The summed E-state index contributed by atoms with van der Waals surface area (Å²) in [4.78, 5) is 0. The molecule has 0 radical (unpaired) electrons. The number of aromatic nitrogens is 2. The molecule has 8 aromatic rings. The van der Waals surface area contributed by atoms with Gasteiger partial charge in [0.15, 0.2) is 0 Å². The number of rotatable bonds is 1. The minimum absolute atomic E-state index is 0.0805. The Morgan fingerprint density at radius 1 is 0.500 bits per heavy atom. The van der Waals surface area contributed by atoms with E-state index in [4.69, 9.17) is 0 Å². The smallest absolute Gasteiger partial charge is 0.247 e. The van der Waals surface area contributed by atoms with Crippen LogP contribution in [-0.4, -0.2) is 15.8 Å². The number of hydrogen-bond donors (Lipinski definition) is 0. The molecule has 4 heterocycles. The van der Waals surface area contributed by atoms with E-state index in [1.165, 1.54) is 82.5 Å². The molecule has 10 rings (SSSR count). The van der Waals surface area contributed by atoms with Crippen LogP contribution in [0.2, 0.25) is 0 Å². The quantitative estimate of drug-likeness (QED) is 0.195. The van der Waals surface area contributed by atoms with Gasteiger partial charge in [-0.05, 0) is 58.5 Å². The topological polar surface area (TPSA) is 9.86 Å². The maximum atomic E-state index is 2.58. The molecule has 6 aromatic carbocycles. The van der Waals surface area contributed by atoms with Gasteiger partial charge in [-0.1, -0.05) is 110 Å². The monoisotopic (exact) mass is 534 g/mol. The van der Waals surface area contributed by atoms with E-state index in [2.05, 4.69) is 150 Å². The third-order valence-corrected chi connectivity index (χ3v) is 10.2. The van der Waals surface area contributed by atoms with Crippen LogP contribution in [0.25, 0.3) is 55.0 Å². The van der Waals surface area contributed by atoms with Crippen LogP contribution in [0.15, 0.2) is 127 Å². The highest BCUT2D eigenvalue weighted by Gasteiger charge is 2.44. The molecule has 0 spiro atoms. The normalized spacial score (nSPS) is 14.6. The SMILES string of the molecule is CC1(C)c2ccccc2B2c3ccccc3-n3c4ccc5c(c6ccccc6n5-c5ccccc5)c4c4ccc1c2c43.